The molecule has 108 valence electrons. The first kappa shape index (κ1) is 15.9. The average molecular weight is 257 g/mol. The summed E-state index contributed by atoms with van der Waals surface area (Å²) < 4.78 is 5.75. The minimum atomic E-state index is -0.736. The number of hydrogen-bond acceptors (Lipinski definition) is 3. The van der Waals surface area contributed by atoms with Gasteiger partial charge in [0.2, 0.25) is 0 Å². The standard InChI is InChI=1S/C15H31NO2/c1-4-5-6-7-8-13(2)18-12-15(3,17)11-16-14-9-10-14/h13-14,16-17H,4-12H2,1-3H3. The molecular weight excluding hydrogens is 226 g/mol. The Morgan fingerprint density at radius 3 is 2.67 bits per heavy atom. The molecule has 1 aliphatic rings. The first-order valence-corrected chi connectivity index (χ1v) is 7.61. The lowest BCUT2D eigenvalue weighted by Gasteiger charge is -2.25. The molecule has 0 spiro atoms. The summed E-state index contributed by atoms with van der Waals surface area (Å²) in [5.74, 6) is 0. The van der Waals surface area contributed by atoms with Gasteiger partial charge in [-0.2, -0.15) is 0 Å². The minimum Gasteiger partial charge on any atom is -0.386 e. The van der Waals surface area contributed by atoms with Crippen LogP contribution in [0.2, 0.25) is 0 Å². The number of hydrogen-bond donors (Lipinski definition) is 2. The van der Waals surface area contributed by atoms with Gasteiger partial charge in [0.25, 0.3) is 0 Å². The predicted molar refractivity (Wildman–Crippen MR) is 75.8 cm³/mol. The van der Waals surface area contributed by atoms with Crippen LogP contribution in [-0.2, 0) is 4.74 Å². The van der Waals surface area contributed by atoms with Crippen molar-refractivity contribution in [3.05, 3.63) is 0 Å². The van der Waals surface area contributed by atoms with Crippen LogP contribution in [0.1, 0.15) is 65.7 Å². The van der Waals surface area contributed by atoms with E-state index in [-0.39, 0.29) is 6.10 Å². The first-order valence-electron chi connectivity index (χ1n) is 7.61. The van der Waals surface area contributed by atoms with Gasteiger partial charge in [0.05, 0.1) is 18.3 Å². The SMILES string of the molecule is CCCCCCC(C)OCC(C)(O)CNC1CC1. The van der Waals surface area contributed by atoms with Crippen LogP contribution in [0, 0.1) is 0 Å². The summed E-state index contributed by atoms with van der Waals surface area (Å²) in [6.45, 7) is 7.26. The Morgan fingerprint density at radius 2 is 2.06 bits per heavy atom. The van der Waals surface area contributed by atoms with Gasteiger partial charge in [-0.05, 0) is 33.1 Å². The molecule has 0 aromatic heterocycles. The van der Waals surface area contributed by atoms with Gasteiger partial charge in [-0.15, -0.1) is 0 Å². The van der Waals surface area contributed by atoms with E-state index in [4.69, 9.17) is 4.74 Å². The van der Waals surface area contributed by atoms with Crippen molar-refractivity contribution >= 4 is 0 Å². The third-order valence-electron chi connectivity index (χ3n) is 3.49. The molecule has 0 aromatic rings. The summed E-state index contributed by atoms with van der Waals surface area (Å²) in [5.41, 5.74) is -0.736. The summed E-state index contributed by atoms with van der Waals surface area (Å²) in [4.78, 5) is 0. The lowest BCUT2D eigenvalue weighted by atomic mass is 10.1. The van der Waals surface area contributed by atoms with Crippen LogP contribution in [-0.4, -0.2) is 36.0 Å². The second-order valence-corrected chi connectivity index (χ2v) is 6.12. The third kappa shape index (κ3) is 8.06. The molecule has 1 rings (SSSR count). The van der Waals surface area contributed by atoms with Gasteiger partial charge < -0.3 is 15.2 Å². The van der Waals surface area contributed by atoms with Gasteiger partial charge in [0.15, 0.2) is 0 Å². The number of nitrogens with one attached hydrogen (secondary N) is 1. The smallest absolute Gasteiger partial charge is 0.0975 e. The van der Waals surface area contributed by atoms with Gasteiger partial charge in [0, 0.05) is 12.6 Å². The molecule has 3 nitrogen and oxygen atoms in total. The van der Waals surface area contributed by atoms with Crippen molar-refractivity contribution in [1.82, 2.24) is 5.32 Å². The predicted octanol–water partition coefficient (Wildman–Crippen LogP) is 2.86. The van der Waals surface area contributed by atoms with Crippen LogP contribution in [0.25, 0.3) is 0 Å². The van der Waals surface area contributed by atoms with Gasteiger partial charge >= 0.3 is 0 Å². The van der Waals surface area contributed by atoms with E-state index in [0.717, 1.165) is 6.42 Å². The Hall–Kier alpha value is -0.120. The fourth-order valence-electron chi connectivity index (χ4n) is 1.97. The van der Waals surface area contributed by atoms with E-state index < -0.39 is 5.60 Å². The molecule has 0 heterocycles. The summed E-state index contributed by atoms with van der Waals surface area (Å²) in [5, 5.41) is 13.5. The molecule has 0 saturated heterocycles. The number of aliphatic hydroxyl groups is 1. The summed E-state index contributed by atoms with van der Waals surface area (Å²) >= 11 is 0. The highest BCUT2D eigenvalue weighted by Crippen LogP contribution is 2.19. The number of rotatable bonds is 11. The normalized spacial score (nSPS) is 20.7. The van der Waals surface area contributed by atoms with E-state index in [1.807, 2.05) is 6.92 Å². The van der Waals surface area contributed by atoms with Crippen molar-refractivity contribution in [3.63, 3.8) is 0 Å². The highest BCUT2D eigenvalue weighted by atomic mass is 16.5. The van der Waals surface area contributed by atoms with Crippen LogP contribution in [0.15, 0.2) is 0 Å². The zero-order valence-electron chi connectivity index (χ0n) is 12.4. The monoisotopic (exact) mass is 257 g/mol. The lowest BCUT2D eigenvalue weighted by molar-refractivity contribution is -0.0591. The Labute approximate surface area is 112 Å². The quantitative estimate of drug-likeness (QED) is 0.559. The molecule has 1 aliphatic carbocycles. The largest absolute Gasteiger partial charge is 0.386 e. The third-order valence-corrected chi connectivity index (χ3v) is 3.49. The molecule has 0 amide bonds. The molecule has 0 aliphatic heterocycles. The summed E-state index contributed by atoms with van der Waals surface area (Å²) in [6.07, 6.45) is 8.99. The molecule has 0 radical (unpaired) electrons. The maximum atomic E-state index is 10.2. The van der Waals surface area contributed by atoms with E-state index >= 15 is 0 Å². The zero-order valence-corrected chi connectivity index (χ0v) is 12.4. The van der Waals surface area contributed by atoms with Crippen LogP contribution in [0.3, 0.4) is 0 Å². The van der Waals surface area contributed by atoms with E-state index in [1.54, 1.807) is 0 Å². The Balaban J connectivity index is 2.01. The highest BCUT2D eigenvalue weighted by molar-refractivity contribution is 4.85. The lowest BCUT2D eigenvalue weighted by Crippen LogP contribution is -2.43. The molecule has 2 atom stereocenters. The van der Waals surface area contributed by atoms with Gasteiger partial charge in [-0.1, -0.05) is 32.6 Å². The Kier molecular flexibility index (Phi) is 7.20. The van der Waals surface area contributed by atoms with Crippen LogP contribution >= 0.6 is 0 Å². The second kappa shape index (κ2) is 8.13. The van der Waals surface area contributed by atoms with Crippen molar-refractivity contribution in [1.29, 1.82) is 0 Å². The number of ether oxygens (including phenoxy) is 1. The van der Waals surface area contributed by atoms with Gasteiger partial charge in [-0.3, -0.25) is 0 Å². The van der Waals surface area contributed by atoms with Gasteiger partial charge in [0.1, 0.15) is 0 Å². The van der Waals surface area contributed by atoms with E-state index in [9.17, 15) is 5.11 Å². The van der Waals surface area contributed by atoms with E-state index in [2.05, 4.69) is 19.2 Å². The van der Waals surface area contributed by atoms with Crippen LogP contribution < -0.4 is 5.32 Å². The van der Waals surface area contributed by atoms with Crippen LogP contribution in [0.5, 0.6) is 0 Å². The molecule has 3 heteroatoms. The molecule has 1 saturated carbocycles. The molecule has 18 heavy (non-hydrogen) atoms. The topological polar surface area (TPSA) is 41.5 Å². The summed E-state index contributed by atoms with van der Waals surface area (Å²) in [6, 6.07) is 0.642. The van der Waals surface area contributed by atoms with Crippen LogP contribution in [0.4, 0.5) is 0 Å². The molecule has 2 N–H and O–H groups in total. The number of unbranched alkanes of at least 4 members (excludes halogenated alkanes) is 3. The average Bonchev–Trinajstić information content (AvgIpc) is 3.14. The fraction of sp³-hybridized carbons (Fsp3) is 1.00. The zero-order chi connectivity index (χ0) is 13.4. The van der Waals surface area contributed by atoms with Gasteiger partial charge in [-0.25, -0.2) is 0 Å². The summed E-state index contributed by atoms with van der Waals surface area (Å²) in [7, 11) is 0. The molecular formula is C15H31NO2. The molecule has 0 bridgehead atoms. The highest BCUT2D eigenvalue weighted by Gasteiger charge is 2.27. The molecule has 0 aromatic carbocycles. The molecule has 2 unspecified atom stereocenters. The molecule has 1 fully saturated rings. The van der Waals surface area contributed by atoms with Crippen molar-refractivity contribution in [2.45, 2.75) is 83.5 Å². The first-order chi connectivity index (χ1) is 8.53. The van der Waals surface area contributed by atoms with Crippen molar-refractivity contribution in [2.75, 3.05) is 13.2 Å². The maximum absolute atomic E-state index is 10.2. The van der Waals surface area contributed by atoms with Crippen molar-refractivity contribution in [2.24, 2.45) is 0 Å². The van der Waals surface area contributed by atoms with Crippen molar-refractivity contribution < 1.29 is 9.84 Å². The Morgan fingerprint density at radius 1 is 1.33 bits per heavy atom. The Bertz CT molecular complexity index is 215. The maximum Gasteiger partial charge on any atom is 0.0975 e. The van der Waals surface area contributed by atoms with E-state index in [1.165, 1.54) is 38.5 Å². The van der Waals surface area contributed by atoms with Crippen molar-refractivity contribution in [3.8, 4) is 0 Å². The minimum absolute atomic E-state index is 0.259. The fourth-order valence-corrected chi connectivity index (χ4v) is 1.97. The second-order valence-electron chi connectivity index (χ2n) is 6.12. The van der Waals surface area contributed by atoms with E-state index in [0.29, 0.717) is 19.2 Å².